The zero-order valence-electron chi connectivity index (χ0n) is 11.8. The molecule has 110 valence electrons. The van der Waals surface area contributed by atoms with E-state index in [1.807, 2.05) is 30.3 Å². The molecule has 1 heterocycles. The molecule has 1 amide bonds. The van der Waals surface area contributed by atoms with Gasteiger partial charge in [0.15, 0.2) is 5.69 Å². The number of benzene rings is 1. The van der Waals surface area contributed by atoms with Gasteiger partial charge in [0, 0.05) is 14.0 Å². The first-order valence-corrected chi connectivity index (χ1v) is 6.32. The molecule has 0 aliphatic rings. The van der Waals surface area contributed by atoms with Gasteiger partial charge < -0.3 is 10.6 Å². The highest BCUT2D eigenvalue weighted by atomic mass is 16.2. The van der Waals surface area contributed by atoms with Gasteiger partial charge in [-0.2, -0.15) is 0 Å². The topological polar surface area (TPSA) is 101 Å². The summed E-state index contributed by atoms with van der Waals surface area (Å²) in [6, 6.07) is 9.21. The largest absolute Gasteiger partial charge is 0.383 e. The van der Waals surface area contributed by atoms with Gasteiger partial charge in [0.05, 0.1) is 6.54 Å². The Hall–Kier alpha value is -2.83. The van der Waals surface area contributed by atoms with Crippen molar-refractivity contribution in [1.82, 2.24) is 9.55 Å². The summed E-state index contributed by atoms with van der Waals surface area (Å²) < 4.78 is 1.23. The van der Waals surface area contributed by atoms with Gasteiger partial charge in [0.25, 0.3) is 5.56 Å². The van der Waals surface area contributed by atoms with E-state index >= 15 is 0 Å². The minimum atomic E-state index is -0.681. The van der Waals surface area contributed by atoms with Gasteiger partial charge in [-0.1, -0.05) is 30.3 Å². The molecule has 1 aromatic heterocycles. The van der Waals surface area contributed by atoms with Crippen LogP contribution in [0.15, 0.2) is 39.9 Å². The molecule has 3 N–H and O–H groups in total. The molecule has 0 atom stereocenters. The second kappa shape index (κ2) is 5.66. The maximum absolute atomic E-state index is 11.9. The molecular formula is C14H16N4O3. The Bertz CT molecular complexity index is 777. The fourth-order valence-corrected chi connectivity index (χ4v) is 1.98. The molecule has 0 fully saturated rings. The number of H-pyrrole nitrogens is 1. The van der Waals surface area contributed by atoms with E-state index in [1.54, 1.807) is 0 Å². The van der Waals surface area contributed by atoms with Crippen LogP contribution >= 0.6 is 0 Å². The van der Waals surface area contributed by atoms with Gasteiger partial charge in [0.2, 0.25) is 5.91 Å². The van der Waals surface area contributed by atoms with Crippen LogP contribution < -0.4 is 21.9 Å². The molecule has 0 bridgehead atoms. The Morgan fingerprint density at radius 3 is 2.48 bits per heavy atom. The van der Waals surface area contributed by atoms with Gasteiger partial charge in [0.1, 0.15) is 5.82 Å². The van der Waals surface area contributed by atoms with Gasteiger partial charge in [-0.3, -0.25) is 19.1 Å². The second-order valence-electron chi connectivity index (χ2n) is 4.64. The van der Waals surface area contributed by atoms with Gasteiger partial charge in [-0.25, -0.2) is 4.79 Å². The zero-order valence-corrected chi connectivity index (χ0v) is 11.8. The Kier molecular flexibility index (Phi) is 3.93. The summed E-state index contributed by atoms with van der Waals surface area (Å²) in [5.41, 5.74) is 5.46. The van der Waals surface area contributed by atoms with E-state index < -0.39 is 11.2 Å². The van der Waals surface area contributed by atoms with Gasteiger partial charge in [-0.05, 0) is 5.56 Å². The van der Waals surface area contributed by atoms with Crippen molar-refractivity contribution in [3.63, 3.8) is 0 Å². The number of amides is 1. The molecule has 0 saturated heterocycles. The van der Waals surface area contributed by atoms with Crippen molar-refractivity contribution in [3.05, 3.63) is 56.7 Å². The second-order valence-corrected chi connectivity index (χ2v) is 4.64. The molecule has 0 radical (unpaired) electrons. The predicted octanol–water partition coefficient (Wildman–Crippen LogP) is 0.150. The van der Waals surface area contributed by atoms with E-state index in [4.69, 9.17) is 5.73 Å². The van der Waals surface area contributed by atoms with Crippen molar-refractivity contribution in [2.45, 2.75) is 13.5 Å². The molecule has 0 spiro atoms. The van der Waals surface area contributed by atoms with E-state index in [0.717, 1.165) is 10.5 Å². The van der Waals surface area contributed by atoms with Crippen molar-refractivity contribution in [2.75, 3.05) is 17.7 Å². The van der Waals surface area contributed by atoms with Crippen LogP contribution in [-0.4, -0.2) is 22.5 Å². The zero-order chi connectivity index (χ0) is 15.6. The molecule has 1 aromatic carbocycles. The number of anilines is 2. The Morgan fingerprint density at radius 2 is 1.90 bits per heavy atom. The van der Waals surface area contributed by atoms with Crippen LogP contribution in [0.3, 0.4) is 0 Å². The van der Waals surface area contributed by atoms with E-state index in [9.17, 15) is 14.4 Å². The number of aromatic amines is 1. The maximum Gasteiger partial charge on any atom is 0.330 e. The molecule has 7 nitrogen and oxygen atoms in total. The van der Waals surface area contributed by atoms with Crippen molar-refractivity contribution in [2.24, 2.45) is 0 Å². The lowest BCUT2D eigenvalue weighted by atomic mass is 10.2. The molecule has 2 aromatic rings. The Balaban J connectivity index is 2.57. The average Bonchev–Trinajstić information content (AvgIpc) is 2.44. The first-order chi connectivity index (χ1) is 9.91. The third-order valence-electron chi connectivity index (χ3n) is 3.21. The molecule has 7 heteroatoms. The Labute approximate surface area is 120 Å². The van der Waals surface area contributed by atoms with Crippen LogP contribution in [0.4, 0.5) is 11.5 Å². The van der Waals surface area contributed by atoms with Crippen LogP contribution in [0.1, 0.15) is 12.5 Å². The number of nitrogens with two attached hydrogens (primary N) is 1. The van der Waals surface area contributed by atoms with E-state index in [1.165, 1.54) is 18.5 Å². The van der Waals surface area contributed by atoms with Gasteiger partial charge >= 0.3 is 5.69 Å². The standard InChI is InChI=1S/C14H16N4O3/c1-9(19)17(2)11-12(15)18(14(21)16-13(11)20)8-10-6-4-3-5-7-10/h3-7H,8,15H2,1-2H3,(H,16,20,21). The summed E-state index contributed by atoms with van der Waals surface area (Å²) in [6.07, 6.45) is 0. The number of nitrogen functional groups attached to an aromatic ring is 1. The SMILES string of the molecule is CC(=O)N(C)c1c(N)n(Cc2ccccc2)c(=O)[nH]c1=O. The first kappa shape index (κ1) is 14.6. The number of hydrogen-bond acceptors (Lipinski definition) is 4. The number of hydrogen-bond donors (Lipinski definition) is 2. The molecule has 21 heavy (non-hydrogen) atoms. The summed E-state index contributed by atoms with van der Waals surface area (Å²) in [5, 5.41) is 0. The van der Waals surface area contributed by atoms with Crippen molar-refractivity contribution >= 4 is 17.4 Å². The van der Waals surface area contributed by atoms with E-state index in [2.05, 4.69) is 4.98 Å². The average molecular weight is 288 g/mol. The van der Waals surface area contributed by atoms with Crippen LogP contribution in [-0.2, 0) is 11.3 Å². The number of aromatic nitrogens is 2. The number of rotatable bonds is 3. The Morgan fingerprint density at radius 1 is 1.29 bits per heavy atom. The molecule has 0 aliphatic heterocycles. The smallest absolute Gasteiger partial charge is 0.330 e. The summed E-state index contributed by atoms with van der Waals surface area (Å²) >= 11 is 0. The van der Waals surface area contributed by atoms with Crippen LogP contribution in [0.25, 0.3) is 0 Å². The summed E-state index contributed by atoms with van der Waals surface area (Å²) in [7, 11) is 1.43. The minimum Gasteiger partial charge on any atom is -0.383 e. The third-order valence-corrected chi connectivity index (χ3v) is 3.21. The lowest BCUT2D eigenvalue weighted by Crippen LogP contribution is -2.38. The highest BCUT2D eigenvalue weighted by molar-refractivity contribution is 5.93. The lowest BCUT2D eigenvalue weighted by Gasteiger charge is -2.18. The highest BCUT2D eigenvalue weighted by Gasteiger charge is 2.18. The third kappa shape index (κ3) is 2.86. The van der Waals surface area contributed by atoms with Gasteiger partial charge in [-0.15, -0.1) is 0 Å². The number of nitrogens with zero attached hydrogens (tertiary/aromatic N) is 2. The molecule has 0 unspecified atom stereocenters. The van der Waals surface area contributed by atoms with Crippen LogP contribution in [0.2, 0.25) is 0 Å². The summed E-state index contributed by atoms with van der Waals surface area (Å²) in [4.78, 5) is 38.5. The molecular weight excluding hydrogens is 272 g/mol. The molecule has 2 rings (SSSR count). The van der Waals surface area contributed by atoms with Crippen LogP contribution in [0.5, 0.6) is 0 Å². The highest BCUT2D eigenvalue weighted by Crippen LogP contribution is 2.16. The molecule has 0 saturated carbocycles. The van der Waals surface area contributed by atoms with Crippen LogP contribution in [0, 0.1) is 0 Å². The normalized spacial score (nSPS) is 10.4. The lowest BCUT2D eigenvalue weighted by molar-refractivity contribution is -0.116. The number of nitrogens with one attached hydrogen (secondary N) is 1. The molecule has 0 aliphatic carbocycles. The monoisotopic (exact) mass is 288 g/mol. The quantitative estimate of drug-likeness (QED) is 0.839. The summed E-state index contributed by atoms with van der Waals surface area (Å²) in [5.74, 6) is -0.387. The van der Waals surface area contributed by atoms with Crippen molar-refractivity contribution in [1.29, 1.82) is 0 Å². The van der Waals surface area contributed by atoms with E-state index in [-0.39, 0.29) is 24.0 Å². The number of carbonyl (C=O) groups excluding carboxylic acids is 1. The van der Waals surface area contributed by atoms with Crippen molar-refractivity contribution < 1.29 is 4.79 Å². The minimum absolute atomic E-state index is 0.0296. The fourth-order valence-electron chi connectivity index (χ4n) is 1.98. The first-order valence-electron chi connectivity index (χ1n) is 6.32. The predicted molar refractivity (Wildman–Crippen MR) is 80.4 cm³/mol. The van der Waals surface area contributed by atoms with E-state index in [0.29, 0.717) is 0 Å². The summed E-state index contributed by atoms with van der Waals surface area (Å²) in [6.45, 7) is 1.52. The fraction of sp³-hybridized carbons (Fsp3) is 0.214. The maximum atomic E-state index is 11.9. The van der Waals surface area contributed by atoms with Crippen molar-refractivity contribution in [3.8, 4) is 0 Å². The number of carbonyl (C=O) groups is 1.